The van der Waals surface area contributed by atoms with Crippen LogP contribution in [0.3, 0.4) is 0 Å². The Hall–Kier alpha value is -0.333. The van der Waals surface area contributed by atoms with Crippen LogP contribution in [0.1, 0.15) is 25.7 Å². The standard InChI is InChI=1S/C10H19NOSi/c1-11-9-5-7-10(8-6-9)12-13(2,3)4/h9-10H,5-8H2,2-4H3. The molecule has 1 saturated carbocycles. The van der Waals surface area contributed by atoms with Gasteiger partial charge in [-0.25, -0.2) is 6.57 Å². The third kappa shape index (κ3) is 3.92. The first-order valence-electron chi connectivity index (χ1n) is 5.05. The average molecular weight is 197 g/mol. The third-order valence-electron chi connectivity index (χ3n) is 2.35. The van der Waals surface area contributed by atoms with Gasteiger partial charge in [0.05, 0.1) is 0 Å². The zero-order valence-corrected chi connectivity index (χ0v) is 9.84. The van der Waals surface area contributed by atoms with Crippen molar-refractivity contribution in [1.29, 1.82) is 0 Å². The Morgan fingerprint density at radius 3 is 2.08 bits per heavy atom. The second kappa shape index (κ2) is 4.25. The molecule has 0 aliphatic heterocycles. The van der Waals surface area contributed by atoms with E-state index < -0.39 is 8.32 Å². The number of hydrogen-bond donors (Lipinski definition) is 0. The lowest BCUT2D eigenvalue weighted by Crippen LogP contribution is -2.34. The van der Waals surface area contributed by atoms with E-state index in [4.69, 9.17) is 11.0 Å². The lowest BCUT2D eigenvalue weighted by Gasteiger charge is -2.29. The maximum atomic E-state index is 6.94. The average Bonchev–Trinajstić information content (AvgIpc) is 2.03. The fraction of sp³-hybridized carbons (Fsp3) is 0.900. The molecule has 1 aliphatic carbocycles. The Morgan fingerprint density at radius 2 is 1.69 bits per heavy atom. The van der Waals surface area contributed by atoms with E-state index in [2.05, 4.69) is 24.5 Å². The minimum Gasteiger partial charge on any atom is -0.415 e. The molecule has 74 valence electrons. The van der Waals surface area contributed by atoms with Crippen molar-refractivity contribution in [1.82, 2.24) is 0 Å². The van der Waals surface area contributed by atoms with Gasteiger partial charge in [0.25, 0.3) is 0 Å². The summed E-state index contributed by atoms with van der Waals surface area (Å²) in [6, 6.07) is 0.279. The lowest BCUT2D eigenvalue weighted by molar-refractivity contribution is 0.145. The summed E-state index contributed by atoms with van der Waals surface area (Å²) in [7, 11) is -1.35. The Kier molecular flexibility index (Phi) is 3.52. The summed E-state index contributed by atoms with van der Waals surface area (Å²) >= 11 is 0. The molecule has 0 amide bonds. The van der Waals surface area contributed by atoms with Crippen LogP contribution in [0, 0.1) is 6.57 Å². The van der Waals surface area contributed by atoms with Crippen LogP contribution in [0.15, 0.2) is 0 Å². The highest BCUT2D eigenvalue weighted by Gasteiger charge is 2.28. The fourth-order valence-corrected chi connectivity index (χ4v) is 3.03. The molecule has 1 fully saturated rings. The Labute approximate surface area is 82.2 Å². The summed E-state index contributed by atoms with van der Waals surface area (Å²) in [6.07, 6.45) is 4.72. The molecule has 0 aromatic heterocycles. The quantitative estimate of drug-likeness (QED) is 0.490. The topological polar surface area (TPSA) is 13.6 Å². The number of hydrogen-bond acceptors (Lipinski definition) is 1. The summed E-state index contributed by atoms with van der Waals surface area (Å²) < 4.78 is 6.01. The van der Waals surface area contributed by atoms with Crippen LogP contribution in [0.2, 0.25) is 19.6 Å². The normalized spacial score (nSPS) is 29.7. The minimum atomic E-state index is -1.35. The molecule has 0 bridgehead atoms. The molecule has 0 heterocycles. The molecule has 0 radical (unpaired) electrons. The van der Waals surface area contributed by atoms with Crippen molar-refractivity contribution < 1.29 is 4.43 Å². The highest BCUT2D eigenvalue weighted by molar-refractivity contribution is 6.69. The summed E-state index contributed by atoms with van der Waals surface area (Å²) in [5.41, 5.74) is 0. The van der Waals surface area contributed by atoms with Gasteiger partial charge in [-0.15, -0.1) is 0 Å². The highest BCUT2D eigenvalue weighted by atomic mass is 28.4. The molecule has 3 heteroatoms. The van der Waals surface area contributed by atoms with Crippen LogP contribution in [0.4, 0.5) is 0 Å². The van der Waals surface area contributed by atoms with Gasteiger partial charge in [0.15, 0.2) is 8.32 Å². The molecule has 0 aromatic carbocycles. The molecule has 0 aromatic rings. The molecule has 0 saturated heterocycles. The summed E-state index contributed by atoms with van der Waals surface area (Å²) in [6.45, 7) is 13.6. The van der Waals surface area contributed by atoms with Crippen molar-refractivity contribution in [3.63, 3.8) is 0 Å². The Morgan fingerprint density at radius 1 is 1.15 bits per heavy atom. The molecule has 1 rings (SSSR count). The first-order chi connectivity index (χ1) is 6.01. The maximum Gasteiger partial charge on any atom is 0.223 e. The van der Waals surface area contributed by atoms with Gasteiger partial charge in [0.1, 0.15) is 0 Å². The molecule has 0 spiro atoms. The largest absolute Gasteiger partial charge is 0.415 e. The van der Waals surface area contributed by atoms with Crippen molar-refractivity contribution in [2.24, 2.45) is 0 Å². The first kappa shape index (κ1) is 10.7. The summed E-state index contributed by atoms with van der Waals surface area (Å²) in [4.78, 5) is 3.58. The predicted molar refractivity (Wildman–Crippen MR) is 57.1 cm³/mol. The van der Waals surface area contributed by atoms with E-state index in [1.54, 1.807) is 0 Å². The van der Waals surface area contributed by atoms with Crippen molar-refractivity contribution in [3.8, 4) is 0 Å². The summed E-state index contributed by atoms with van der Waals surface area (Å²) in [5.74, 6) is 0. The maximum absolute atomic E-state index is 6.94. The van der Waals surface area contributed by atoms with E-state index in [1.165, 1.54) is 0 Å². The minimum absolute atomic E-state index is 0.279. The predicted octanol–water partition coefficient (Wildman–Crippen LogP) is 3.07. The number of rotatable bonds is 2. The second-order valence-electron chi connectivity index (χ2n) is 4.79. The van der Waals surface area contributed by atoms with Gasteiger partial charge in [-0.3, -0.25) is 0 Å². The van der Waals surface area contributed by atoms with Crippen LogP contribution in [0.5, 0.6) is 0 Å². The highest BCUT2D eigenvalue weighted by Crippen LogP contribution is 2.25. The monoisotopic (exact) mass is 197 g/mol. The molecule has 2 nitrogen and oxygen atoms in total. The van der Waals surface area contributed by atoms with E-state index in [-0.39, 0.29) is 6.04 Å². The van der Waals surface area contributed by atoms with Gasteiger partial charge < -0.3 is 9.27 Å². The fourth-order valence-electron chi connectivity index (χ4n) is 1.79. The summed E-state index contributed by atoms with van der Waals surface area (Å²) in [5, 5.41) is 0. The van der Waals surface area contributed by atoms with Crippen molar-refractivity contribution in [2.75, 3.05) is 0 Å². The molecular weight excluding hydrogens is 178 g/mol. The zero-order chi connectivity index (χ0) is 9.90. The molecule has 1 aliphatic rings. The number of nitrogens with zero attached hydrogens (tertiary/aromatic N) is 1. The van der Waals surface area contributed by atoms with Crippen molar-refractivity contribution >= 4 is 8.32 Å². The lowest BCUT2D eigenvalue weighted by atomic mass is 9.94. The van der Waals surface area contributed by atoms with Gasteiger partial charge >= 0.3 is 0 Å². The van der Waals surface area contributed by atoms with Gasteiger partial charge in [0.2, 0.25) is 6.04 Å². The van der Waals surface area contributed by atoms with Crippen LogP contribution >= 0.6 is 0 Å². The van der Waals surface area contributed by atoms with Gasteiger partial charge in [-0.05, 0) is 32.5 Å². The van der Waals surface area contributed by atoms with E-state index in [1.807, 2.05) is 0 Å². The smallest absolute Gasteiger partial charge is 0.223 e. The first-order valence-corrected chi connectivity index (χ1v) is 8.46. The van der Waals surface area contributed by atoms with Crippen LogP contribution < -0.4 is 0 Å². The van der Waals surface area contributed by atoms with Crippen molar-refractivity contribution in [3.05, 3.63) is 11.4 Å². The second-order valence-corrected chi connectivity index (χ2v) is 9.25. The Balaban J connectivity index is 2.30. The third-order valence-corrected chi connectivity index (χ3v) is 3.39. The van der Waals surface area contributed by atoms with E-state index >= 15 is 0 Å². The van der Waals surface area contributed by atoms with Gasteiger partial charge in [-0.1, -0.05) is 0 Å². The molecular formula is C10H19NOSi. The van der Waals surface area contributed by atoms with Crippen LogP contribution in [-0.2, 0) is 4.43 Å². The van der Waals surface area contributed by atoms with E-state index in [0.717, 1.165) is 25.7 Å². The van der Waals surface area contributed by atoms with Crippen LogP contribution in [0.25, 0.3) is 4.85 Å². The van der Waals surface area contributed by atoms with Crippen LogP contribution in [-0.4, -0.2) is 20.5 Å². The molecule has 0 unspecified atom stereocenters. The molecule has 0 atom stereocenters. The zero-order valence-electron chi connectivity index (χ0n) is 8.84. The molecule has 0 N–H and O–H groups in total. The van der Waals surface area contributed by atoms with Gasteiger partial charge in [-0.2, -0.15) is 0 Å². The molecule has 13 heavy (non-hydrogen) atoms. The van der Waals surface area contributed by atoms with Gasteiger partial charge in [0, 0.05) is 18.9 Å². The SMILES string of the molecule is [C-]#[N+]C1CCC(O[Si](C)(C)C)CC1. The Bertz CT molecular complexity index is 196. The van der Waals surface area contributed by atoms with Crippen molar-refractivity contribution in [2.45, 2.75) is 57.5 Å². The van der Waals surface area contributed by atoms with E-state index in [0.29, 0.717) is 6.10 Å². The van der Waals surface area contributed by atoms with E-state index in [9.17, 15) is 0 Å².